The minimum Gasteiger partial charge on any atom is -0.315 e. The topological polar surface area (TPSA) is 66.9 Å². The highest BCUT2D eigenvalue weighted by Crippen LogP contribution is 2.05. The number of rotatable bonds is 6. The van der Waals surface area contributed by atoms with Crippen molar-refractivity contribution in [3.63, 3.8) is 0 Å². The van der Waals surface area contributed by atoms with Crippen molar-refractivity contribution in [1.29, 1.82) is 0 Å². The van der Waals surface area contributed by atoms with Crippen LogP contribution in [-0.4, -0.2) is 22.6 Å². The molecular weight excluding hydrogens is 286 g/mol. The molecule has 0 unspecified atom stereocenters. The lowest BCUT2D eigenvalue weighted by molar-refractivity contribution is 0.575. The number of aromatic nitrogens is 2. The fourth-order valence-electron chi connectivity index (χ4n) is 1.64. The van der Waals surface area contributed by atoms with Crippen molar-refractivity contribution in [2.75, 3.05) is 13.1 Å². The fraction of sp³-hybridized carbons (Fsp3) is 0.333. The van der Waals surface area contributed by atoms with Gasteiger partial charge in [0.1, 0.15) is 5.02 Å². The van der Waals surface area contributed by atoms with Crippen LogP contribution in [0.2, 0.25) is 5.02 Å². The maximum atomic E-state index is 11.5. The summed E-state index contributed by atoms with van der Waals surface area (Å²) in [5.41, 5.74) is 0.323. The molecule has 0 atom stereocenters. The van der Waals surface area contributed by atoms with E-state index in [-0.39, 0.29) is 5.02 Å². The van der Waals surface area contributed by atoms with Gasteiger partial charge in [-0.1, -0.05) is 11.6 Å². The number of thiophene rings is 1. The highest BCUT2D eigenvalue weighted by Gasteiger charge is 2.01. The predicted octanol–water partition coefficient (Wildman–Crippen LogP) is 1.08. The first kappa shape index (κ1) is 14.0. The Morgan fingerprint density at radius 1 is 1.37 bits per heavy atom. The van der Waals surface area contributed by atoms with Gasteiger partial charge in [0.05, 0.1) is 0 Å². The summed E-state index contributed by atoms with van der Waals surface area (Å²) in [5, 5.41) is 7.44. The Bertz CT molecular complexity index is 633. The largest absolute Gasteiger partial charge is 0.328 e. The van der Waals surface area contributed by atoms with Crippen LogP contribution < -0.4 is 16.6 Å². The molecular formula is C12H14ClN3O2S. The van der Waals surface area contributed by atoms with Crippen molar-refractivity contribution >= 4 is 22.9 Å². The third-order valence-electron chi connectivity index (χ3n) is 2.67. The molecule has 0 saturated heterocycles. The molecule has 2 N–H and O–H groups in total. The van der Waals surface area contributed by atoms with E-state index in [0.717, 1.165) is 13.0 Å². The normalized spacial score (nSPS) is 10.8. The average molecular weight is 300 g/mol. The Balaban J connectivity index is 1.78. The quantitative estimate of drug-likeness (QED) is 0.785. The molecule has 0 bridgehead atoms. The van der Waals surface area contributed by atoms with Gasteiger partial charge in [0.15, 0.2) is 0 Å². The number of halogens is 1. The maximum Gasteiger partial charge on any atom is 0.328 e. The van der Waals surface area contributed by atoms with Gasteiger partial charge >= 0.3 is 5.69 Å². The Morgan fingerprint density at radius 2 is 2.21 bits per heavy atom. The minimum atomic E-state index is -0.548. The molecule has 0 aliphatic rings. The molecule has 102 valence electrons. The van der Waals surface area contributed by atoms with Gasteiger partial charge in [-0.05, 0) is 35.4 Å². The van der Waals surface area contributed by atoms with Crippen LogP contribution in [0, 0.1) is 0 Å². The third-order valence-corrected chi connectivity index (χ3v) is 3.67. The Kier molecular flexibility index (Phi) is 4.95. The minimum absolute atomic E-state index is 0.0258. The molecule has 2 aromatic rings. The molecule has 0 aromatic carbocycles. The van der Waals surface area contributed by atoms with Gasteiger partial charge in [-0.25, -0.2) is 4.79 Å². The Morgan fingerprint density at radius 3 is 2.95 bits per heavy atom. The van der Waals surface area contributed by atoms with Gasteiger partial charge in [-0.2, -0.15) is 11.3 Å². The number of hydrogen-bond donors (Lipinski definition) is 2. The smallest absolute Gasteiger partial charge is 0.315 e. The van der Waals surface area contributed by atoms with E-state index in [2.05, 4.69) is 27.1 Å². The van der Waals surface area contributed by atoms with Crippen molar-refractivity contribution in [3.05, 3.63) is 54.4 Å². The summed E-state index contributed by atoms with van der Waals surface area (Å²) in [6.07, 6.45) is 2.33. The van der Waals surface area contributed by atoms with Crippen molar-refractivity contribution in [1.82, 2.24) is 14.9 Å². The van der Waals surface area contributed by atoms with Crippen molar-refractivity contribution in [2.45, 2.75) is 13.0 Å². The summed E-state index contributed by atoms with van der Waals surface area (Å²) in [6, 6.07) is 2.10. The van der Waals surface area contributed by atoms with E-state index >= 15 is 0 Å². The molecule has 0 saturated carbocycles. The van der Waals surface area contributed by atoms with Gasteiger partial charge in [-0.15, -0.1) is 0 Å². The van der Waals surface area contributed by atoms with Gasteiger partial charge in [0, 0.05) is 19.3 Å². The highest BCUT2D eigenvalue weighted by atomic mass is 35.5. The number of hydrogen-bond acceptors (Lipinski definition) is 4. The van der Waals surface area contributed by atoms with Crippen LogP contribution in [0.3, 0.4) is 0 Å². The predicted molar refractivity (Wildman–Crippen MR) is 77.2 cm³/mol. The van der Waals surface area contributed by atoms with Crippen LogP contribution in [0.25, 0.3) is 0 Å². The van der Waals surface area contributed by atoms with Crippen LogP contribution >= 0.6 is 22.9 Å². The zero-order valence-electron chi connectivity index (χ0n) is 10.2. The van der Waals surface area contributed by atoms with Crippen molar-refractivity contribution in [2.24, 2.45) is 0 Å². The van der Waals surface area contributed by atoms with Crippen molar-refractivity contribution < 1.29 is 0 Å². The van der Waals surface area contributed by atoms with Gasteiger partial charge in [-0.3, -0.25) is 14.3 Å². The van der Waals surface area contributed by atoms with Crippen molar-refractivity contribution in [3.8, 4) is 0 Å². The van der Waals surface area contributed by atoms with E-state index in [1.165, 1.54) is 16.3 Å². The Hall–Kier alpha value is -1.37. The molecule has 7 heteroatoms. The molecule has 5 nitrogen and oxygen atoms in total. The summed E-state index contributed by atoms with van der Waals surface area (Å²) >= 11 is 7.35. The number of nitrogens with zero attached hydrogens (tertiary/aromatic N) is 1. The molecule has 0 amide bonds. The summed E-state index contributed by atoms with van der Waals surface area (Å²) in [6.45, 7) is 1.97. The van der Waals surface area contributed by atoms with Crippen LogP contribution in [0.5, 0.6) is 0 Å². The van der Waals surface area contributed by atoms with Crippen LogP contribution in [-0.2, 0) is 13.0 Å². The van der Waals surface area contributed by atoms with E-state index in [1.54, 1.807) is 11.3 Å². The zero-order chi connectivity index (χ0) is 13.7. The van der Waals surface area contributed by atoms with Gasteiger partial charge in [0.2, 0.25) is 0 Å². The molecule has 0 aliphatic heterocycles. The average Bonchev–Trinajstić information content (AvgIpc) is 2.88. The molecule has 2 aromatic heterocycles. The molecule has 19 heavy (non-hydrogen) atoms. The molecule has 0 spiro atoms. The monoisotopic (exact) mass is 299 g/mol. The first-order chi connectivity index (χ1) is 9.16. The SMILES string of the molecule is O=c1[nH]c(=O)n(CCNCCc2ccsc2)cc1Cl. The number of H-pyrrole nitrogens is 1. The highest BCUT2D eigenvalue weighted by molar-refractivity contribution is 7.07. The second-order valence-electron chi connectivity index (χ2n) is 4.06. The van der Waals surface area contributed by atoms with E-state index < -0.39 is 11.2 Å². The van der Waals surface area contributed by atoms with E-state index in [4.69, 9.17) is 11.6 Å². The summed E-state index contributed by atoms with van der Waals surface area (Å²) in [4.78, 5) is 24.7. The summed E-state index contributed by atoms with van der Waals surface area (Å²) < 4.78 is 1.39. The third kappa shape index (κ3) is 4.05. The maximum absolute atomic E-state index is 11.5. The fourth-order valence-corrected chi connectivity index (χ4v) is 2.51. The molecule has 0 aliphatic carbocycles. The second kappa shape index (κ2) is 6.70. The lowest BCUT2D eigenvalue weighted by Crippen LogP contribution is -2.33. The van der Waals surface area contributed by atoms with Gasteiger partial charge in [0.25, 0.3) is 5.56 Å². The summed E-state index contributed by atoms with van der Waals surface area (Å²) in [5.74, 6) is 0. The van der Waals surface area contributed by atoms with Crippen LogP contribution in [0.15, 0.2) is 32.6 Å². The van der Waals surface area contributed by atoms with Crippen LogP contribution in [0.4, 0.5) is 0 Å². The second-order valence-corrected chi connectivity index (χ2v) is 5.25. The standard InChI is InChI=1S/C12H14ClN3O2S/c13-10-7-16(12(18)15-11(10)17)5-4-14-3-1-9-2-6-19-8-9/h2,6-8,14H,1,3-5H2,(H,15,17,18). The zero-order valence-corrected chi connectivity index (χ0v) is 11.8. The Labute approximate surface area is 118 Å². The van der Waals surface area contributed by atoms with E-state index in [1.807, 2.05) is 0 Å². The van der Waals surface area contributed by atoms with Crippen LogP contribution in [0.1, 0.15) is 5.56 Å². The summed E-state index contributed by atoms with van der Waals surface area (Å²) in [7, 11) is 0. The molecule has 0 radical (unpaired) electrons. The first-order valence-electron chi connectivity index (χ1n) is 5.88. The van der Waals surface area contributed by atoms with Gasteiger partial charge < -0.3 is 5.32 Å². The van der Waals surface area contributed by atoms with E-state index in [0.29, 0.717) is 13.1 Å². The molecule has 0 fully saturated rings. The number of aromatic amines is 1. The lowest BCUT2D eigenvalue weighted by Gasteiger charge is -2.06. The number of nitrogens with one attached hydrogen (secondary N) is 2. The molecule has 2 rings (SSSR count). The first-order valence-corrected chi connectivity index (χ1v) is 7.20. The molecule has 2 heterocycles. The van der Waals surface area contributed by atoms with E-state index in [9.17, 15) is 9.59 Å². The lowest BCUT2D eigenvalue weighted by atomic mass is 10.2.